The molecule has 0 saturated carbocycles. The molecule has 0 spiro atoms. The Labute approximate surface area is 199 Å². The molecule has 10 nitrogen and oxygen atoms in total. The van der Waals surface area contributed by atoms with Gasteiger partial charge in [0.15, 0.2) is 0 Å². The maximum Gasteiger partial charge on any atom is 0.414 e. The van der Waals surface area contributed by atoms with E-state index in [4.69, 9.17) is 9.47 Å². The molecule has 1 fully saturated rings. The molecular formula is C23H30N4O6S. The van der Waals surface area contributed by atoms with Crippen LogP contribution in [-0.4, -0.2) is 68.0 Å². The minimum Gasteiger partial charge on any atom is -0.490 e. The van der Waals surface area contributed by atoms with E-state index in [1.54, 1.807) is 22.0 Å². The predicted molar refractivity (Wildman–Crippen MR) is 127 cm³/mol. The maximum atomic E-state index is 12.5. The third-order valence-electron chi connectivity index (χ3n) is 6.27. The van der Waals surface area contributed by atoms with Gasteiger partial charge in [-0.25, -0.2) is 13.2 Å². The first kappa shape index (κ1) is 24.1. The van der Waals surface area contributed by atoms with Gasteiger partial charge in [-0.15, -0.1) is 0 Å². The molecule has 4 rings (SSSR count). The molecule has 2 aromatic rings. The summed E-state index contributed by atoms with van der Waals surface area (Å²) in [4.78, 5) is 25.8. The van der Waals surface area contributed by atoms with Gasteiger partial charge in [0.25, 0.3) is 0 Å². The summed E-state index contributed by atoms with van der Waals surface area (Å²) in [6.45, 7) is 2.54. The fourth-order valence-electron chi connectivity index (χ4n) is 4.44. The van der Waals surface area contributed by atoms with Gasteiger partial charge in [0, 0.05) is 41.6 Å². The smallest absolute Gasteiger partial charge is 0.414 e. The van der Waals surface area contributed by atoms with E-state index >= 15 is 0 Å². The van der Waals surface area contributed by atoms with Gasteiger partial charge in [0.1, 0.15) is 22.2 Å². The number of rotatable bonds is 7. The monoisotopic (exact) mass is 490 g/mol. The minimum absolute atomic E-state index is 0.00494. The number of carbonyl (C=O) groups is 2. The lowest BCUT2D eigenvalue weighted by Gasteiger charge is -2.35. The molecule has 0 radical (unpaired) electrons. The topological polar surface area (TPSA) is 120 Å². The van der Waals surface area contributed by atoms with Crippen LogP contribution in [0.3, 0.4) is 0 Å². The largest absolute Gasteiger partial charge is 0.490 e. The first-order valence-electron chi connectivity index (χ1n) is 11.3. The van der Waals surface area contributed by atoms with Crippen molar-refractivity contribution in [2.45, 2.75) is 51.2 Å². The van der Waals surface area contributed by atoms with Crippen LogP contribution in [0.5, 0.6) is 5.75 Å². The number of aromatic nitrogens is 2. The zero-order valence-electron chi connectivity index (χ0n) is 19.6. The zero-order chi connectivity index (χ0) is 24.5. The second kappa shape index (κ2) is 9.65. The van der Waals surface area contributed by atoms with Crippen LogP contribution in [0.15, 0.2) is 24.5 Å². The molecule has 0 aliphatic carbocycles. The lowest BCUT2D eigenvalue weighted by atomic mass is 9.92. The van der Waals surface area contributed by atoms with Crippen LogP contribution in [0.25, 0.3) is 11.1 Å². The van der Waals surface area contributed by atoms with Crippen molar-refractivity contribution in [2.24, 2.45) is 0 Å². The lowest BCUT2D eigenvalue weighted by Crippen LogP contribution is -2.42. The lowest BCUT2D eigenvalue weighted by molar-refractivity contribution is -0.119. The van der Waals surface area contributed by atoms with Crippen molar-refractivity contribution >= 4 is 27.5 Å². The molecule has 1 aromatic carbocycles. The van der Waals surface area contributed by atoms with Crippen LogP contribution in [0.4, 0.5) is 10.5 Å². The highest BCUT2D eigenvalue weighted by molar-refractivity contribution is 7.90. The first-order valence-corrected chi connectivity index (χ1v) is 13.4. The summed E-state index contributed by atoms with van der Waals surface area (Å²) >= 11 is 0. The van der Waals surface area contributed by atoms with Gasteiger partial charge in [-0.3, -0.25) is 14.4 Å². The number of aryl methyl sites for hydroxylation is 1. The Hall–Kier alpha value is -3.08. The Morgan fingerprint density at radius 1 is 1.26 bits per heavy atom. The molecule has 2 aliphatic rings. The third-order valence-corrected chi connectivity index (χ3v) is 7.19. The number of hydrogen-bond acceptors (Lipinski definition) is 7. The van der Waals surface area contributed by atoms with E-state index in [2.05, 4.69) is 10.4 Å². The summed E-state index contributed by atoms with van der Waals surface area (Å²) in [6, 6.07) is 3.67. The molecule has 1 N–H and O–H groups in total. The number of fused-ring (bicyclic) bond motifs is 1. The molecule has 11 heteroatoms. The Bertz CT molecular complexity index is 1190. The molecule has 2 unspecified atom stereocenters. The van der Waals surface area contributed by atoms with Crippen molar-refractivity contribution in [1.29, 1.82) is 0 Å². The van der Waals surface area contributed by atoms with E-state index in [9.17, 15) is 18.0 Å². The summed E-state index contributed by atoms with van der Waals surface area (Å²) in [5, 5.41) is 7.24. The molecule has 2 atom stereocenters. The Kier molecular flexibility index (Phi) is 6.83. The molecule has 184 valence electrons. The molecule has 34 heavy (non-hydrogen) atoms. The van der Waals surface area contributed by atoms with E-state index in [0.29, 0.717) is 31.6 Å². The minimum atomic E-state index is -3.11. The average Bonchev–Trinajstić information content (AvgIpc) is 3.43. The zero-order valence-corrected chi connectivity index (χ0v) is 20.4. The van der Waals surface area contributed by atoms with Crippen molar-refractivity contribution in [3.05, 3.63) is 30.1 Å². The predicted octanol–water partition coefficient (Wildman–Crippen LogP) is 2.16. The van der Waals surface area contributed by atoms with E-state index in [-0.39, 0.29) is 30.3 Å². The second-order valence-electron chi connectivity index (χ2n) is 8.90. The van der Waals surface area contributed by atoms with Crippen LogP contribution in [-0.2, 0) is 32.3 Å². The van der Waals surface area contributed by atoms with E-state index in [1.165, 1.54) is 13.4 Å². The summed E-state index contributed by atoms with van der Waals surface area (Å²) in [7, 11) is -1.75. The Morgan fingerprint density at radius 3 is 2.74 bits per heavy atom. The Morgan fingerprint density at radius 2 is 2.06 bits per heavy atom. The summed E-state index contributed by atoms with van der Waals surface area (Å²) < 4.78 is 36.0. The number of sulfone groups is 1. The fourth-order valence-corrected chi connectivity index (χ4v) is 4.96. The van der Waals surface area contributed by atoms with Gasteiger partial charge in [-0.1, -0.05) is 0 Å². The van der Waals surface area contributed by atoms with E-state index < -0.39 is 15.9 Å². The number of nitrogens with one attached hydrogen (secondary N) is 1. The highest BCUT2D eigenvalue weighted by Crippen LogP contribution is 2.43. The van der Waals surface area contributed by atoms with Crippen LogP contribution < -0.4 is 15.0 Å². The Balaban J connectivity index is 1.70. The van der Waals surface area contributed by atoms with E-state index in [0.717, 1.165) is 28.8 Å². The van der Waals surface area contributed by atoms with Crippen LogP contribution >= 0.6 is 0 Å². The van der Waals surface area contributed by atoms with Gasteiger partial charge >= 0.3 is 6.09 Å². The van der Waals surface area contributed by atoms with Crippen LogP contribution in [0.2, 0.25) is 0 Å². The molecular weight excluding hydrogens is 460 g/mol. The highest BCUT2D eigenvalue weighted by Gasteiger charge is 2.33. The normalized spacial score (nSPS) is 20.1. The van der Waals surface area contributed by atoms with Crippen molar-refractivity contribution in [3.8, 4) is 16.9 Å². The highest BCUT2D eigenvalue weighted by atomic mass is 32.2. The maximum absolute atomic E-state index is 12.5. The van der Waals surface area contributed by atoms with Gasteiger partial charge in [-0.05, 0) is 38.3 Å². The fraction of sp³-hybridized carbons (Fsp3) is 0.522. The van der Waals surface area contributed by atoms with Crippen LogP contribution in [0.1, 0.15) is 31.7 Å². The third kappa shape index (κ3) is 5.19. The van der Waals surface area contributed by atoms with E-state index in [1.807, 2.05) is 19.1 Å². The quantitative estimate of drug-likeness (QED) is 0.631. The number of methoxy groups -OCH3 is 1. The summed E-state index contributed by atoms with van der Waals surface area (Å²) in [6.07, 6.45) is 6.89. The molecule has 1 saturated heterocycles. The molecule has 2 aliphatic heterocycles. The number of amides is 2. The number of ether oxygens (including phenoxy) is 2. The van der Waals surface area contributed by atoms with Gasteiger partial charge in [-0.2, -0.15) is 5.10 Å². The summed E-state index contributed by atoms with van der Waals surface area (Å²) in [5.74, 6) is 0.651. The molecule has 0 bridgehead atoms. The SMILES string of the molecule is COC(=O)N1c2ccc(-c3cnn(CCS(C)(=O)=O)c3)c(OCC3CCC(=O)N3)c2CCC1C. The molecule has 2 amide bonds. The number of hydrogen-bond donors (Lipinski definition) is 1. The average molecular weight is 491 g/mol. The van der Waals surface area contributed by atoms with Crippen LogP contribution in [0, 0.1) is 0 Å². The van der Waals surface area contributed by atoms with Gasteiger partial charge < -0.3 is 14.8 Å². The van der Waals surface area contributed by atoms with Gasteiger partial charge in [0.05, 0.1) is 37.3 Å². The number of carbonyl (C=O) groups excluding carboxylic acids is 2. The van der Waals surface area contributed by atoms with Crippen molar-refractivity contribution in [1.82, 2.24) is 15.1 Å². The van der Waals surface area contributed by atoms with Crippen molar-refractivity contribution in [3.63, 3.8) is 0 Å². The molecule has 1 aromatic heterocycles. The van der Waals surface area contributed by atoms with Gasteiger partial charge in [0.2, 0.25) is 5.91 Å². The van der Waals surface area contributed by atoms with Crippen molar-refractivity contribution in [2.75, 3.05) is 30.6 Å². The number of anilines is 1. The number of nitrogens with zero attached hydrogens (tertiary/aromatic N) is 3. The van der Waals surface area contributed by atoms with Crippen molar-refractivity contribution < 1.29 is 27.5 Å². The second-order valence-corrected chi connectivity index (χ2v) is 11.2. The standard InChI is InChI=1S/C23H30N4O6S/c1-15-4-6-19-20(27(15)23(29)32-2)8-7-18(22(19)33-14-17-5-9-21(28)25-17)16-12-24-26(13-16)10-11-34(3,30)31/h7-8,12-13,15,17H,4-6,9-11,14H2,1-3H3,(H,25,28). The first-order chi connectivity index (χ1) is 16.2. The summed E-state index contributed by atoms with van der Waals surface area (Å²) in [5.41, 5.74) is 3.22. The molecule has 3 heterocycles. The number of benzene rings is 1.